The third-order valence-corrected chi connectivity index (χ3v) is 3.96. The van der Waals surface area contributed by atoms with Crippen LogP contribution in [0.15, 0.2) is 18.2 Å². The fraction of sp³-hybridized carbons (Fsp3) is 0.533. The Morgan fingerprint density at radius 2 is 2.29 bits per heavy atom. The Morgan fingerprint density at radius 3 is 3.00 bits per heavy atom. The second-order valence-electron chi connectivity index (χ2n) is 5.51. The summed E-state index contributed by atoms with van der Waals surface area (Å²) in [6.45, 7) is 1.50. The Hall–Kier alpha value is -1.66. The molecular weight excluding hydrogens is 273 g/mol. The van der Waals surface area contributed by atoms with Crippen molar-refractivity contribution in [3.8, 4) is 0 Å². The van der Waals surface area contributed by atoms with E-state index in [4.69, 9.17) is 10.5 Å². The van der Waals surface area contributed by atoms with Crippen LogP contribution >= 0.6 is 0 Å². The van der Waals surface area contributed by atoms with Gasteiger partial charge >= 0.3 is 0 Å². The molecule has 0 radical (unpaired) electrons. The maximum Gasteiger partial charge on any atom is 0.245 e. The third kappa shape index (κ3) is 3.01. The summed E-state index contributed by atoms with van der Waals surface area (Å²) in [5, 5.41) is 2.99. The van der Waals surface area contributed by atoms with E-state index < -0.39 is 6.04 Å². The Morgan fingerprint density at radius 1 is 1.48 bits per heavy atom. The van der Waals surface area contributed by atoms with Crippen molar-refractivity contribution in [1.82, 2.24) is 5.32 Å². The van der Waals surface area contributed by atoms with Gasteiger partial charge in [0.15, 0.2) is 0 Å². The van der Waals surface area contributed by atoms with E-state index in [1.54, 1.807) is 6.07 Å². The summed E-state index contributed by atoms with van der Waals surface area (Å²) in [6.07, 6.45) is 2.07. The molecule has 5 nitrogen and oxygen atoms in total. The molecule has 6 heteroatoms. The lowest BCUT2D eigenvalue weighted by Crippen LogP contribution is -2.54. The SMILES string of the molecule is NCc1c(F)cccc1N1CCOCC1C(=O)NC1CC1. The molecule has 1 aromatic rings. The molecule has 1 aromatic carbocycles. The van der Waals surface area contributed by atoms with Gasteiger partial charge in [-0.1, -0.05) is 6.07 Å². The van der Waals surface area contributed by atoms with Crippen molar-refractivity contribution in [2.24, 2.45) is 5.73 Å². The molecule has 1 heterocycles. The number of amides is 1. The van der Waals surface area contributed by atoms with Crippen LogP contribution in [0.2, 0.25) is 0 Å². The van der Waals surface area contributed by atoms with E-state index in [0.29, 0.717) is 37.1 Å². The van der Waals surface area contributed by atoms with E-state index in [2.05, 4.69) is 5.32 Å². The number of nitrogens with one attached hydrogen (secondary N) is 1. The third-order valence-electron chi connectivity index (χ3n) is 3.96. The minimum atomic E-state index is -0.425. The van der Waals surface area contributed by atoms with Crippen LogP contribution in [-0.4, -0.2) is 37.7 Å². The van der Waals surface area contributed by atoms with Crippen molar-refractivity contribution in [2.45, 2.75) is 31.5 Å². The molecule has 2 aliphatic rings. The van der Waals surface area contributed by atoms with Gasteiger partial charge in [-0.15, -0.1) is 0 Å². The lowest BCUT2D eigenvalue weighted by molar-refractivity contribution is -0.124. The van der Waals surface area contributed by atoms with E-state index in [-0.39, 0.29) is 18.3 Å². The molecule has 1 saturated heterocycles. The van der Waals surface area contributed by atoms with E-state index in [1.165, 1.54) is 6.07 Å². The van der Waals surface area contributed by atoms with Crippen molar-refractivity contribution >= 4 is 11.6 Å². The highest BCUT2D eigenvalue weighted by Crippen LogP contribution is 2.27. The van der Waals surface area contributed by atoms with Crippen LogP contribution in [0.5, 0.6) is 0 Å². The first-order chi connectivity index (χ1) is 10.2. The van der Waals surface area contributed by atoms with Crippen molar-refractivity contribution in [3.05, 3.63) is 29.6 Å². The number of halogens is 1. The van der Waals surface area contributed by atoms with Crippen LogP contribution in [0.25, 0.3) is 0 Å². The molecule has 1 aliphatic heterocycles. The van der Waals surface area contributed by atoms with E-state index in [9.17, 15) is 9.18 Å². The molecule has 1 saturated carbocycles. The summed E-state index contributed by atoms with van der Waals surface area (Å²) < 4.78 is 19.3. The number of ether oxygens (including phenoxy) is 1. The number of hydrogen-bond acceptors (Lipinski definition) is 4. The number of rotatable bonds is 4. The van der Waals surface area contributed by atoms with Crippen LogP contribution in [0.4, 0.5) is 10.1 Å². The summed E-state index contributed by atoms with van der Waals surface area (Å²) in [4.78, 5) is 14.3. The molecule has 1 amide bonds. The highest BCUT2D eigenvalue weighted by molar-refractivity contribution is 5.86. The standard InChI is InChI=1S/C15H20FN3O2/c16-12-2-1-3-13(11(12)8-17)19-6-7-21-9-14(19)15(20)18-10-4-5-10/h1-3,10,14H,4-9,17H2,(H,18,20). The molecule has 3 N–H and O–H groups in total. The van der Waals surface area contributed by atoms with Gasteiger partial charge < -0.3 is 20.7 Å². The average molecular weight is 293 g/mol. The van der Waals surface area contributed by atoms with Gasteiger partial charge in [-0.3, -0.25) is 4.79 Å². The molecule has 3 rings (SSSR count). The second kappa shape index (κ2) is 5.99. The van der Waals surface area contributed by atoms with Gasteiger partial charge in [0.05, 0.1) is 13.2 Å². The fourth-order valence-corrected chi connectivity index (χ4v) is 2.65. The molecule has 0 aromatic heterocycles. The first kappa shape index (κ1) is 14.3. The van der Waals surface area contributed by atoms with Crippen LogP contribution in [0.3, 0.4) is 0 Å². The van der Waals surface area contributed by atoms with Crippen molar-refractivity contribution in [1.29, 1.82) is 0 Å². The summed E-state index contributed by atoms with van der Waals surface area (Å²) >= 11 is 0. The molecule has 21 heavy (non-hydrogen) atoms. The monoisotopic (exact) mass is 293 g/mol. The van der Waals surface area contributed by atoms with Crippen LogP contribution in [0.1, 0.15) is 18.4 Å². The zero-order valence-corrected chi connectivity index (χ0v) is 11.8. The highest BCUT2D eigenvalue weighted by atomic mass is 19.1. The lowest BCUT2D eigenvalue weighted by atomic mass is 10.1. The van der Waals surface area contributed by atoms with Crippen LogP contribution in [-0.2, 0) is 16.1 Å². The van der Waals surface area contributed by atoms with Crippen LogP contribution in [0, 0.1) is 5.82 Å². The zero-order valence-electron chi connectivity index (χ0n) is 11.8. The molecule has 0 spiro atoms. The Labute approximate surface area is 123 Å². The Bertz CT molecular complexity index is 534. The van der Waals surface area contributed by atoms with E-state index >= 15 is 0 Å². The number of benzene rings is 1. The molecule has 1 aliphatic carbocycles. The molecule has 1 unspecified atom stereocenters. The van der Waals surface area contributed by atoms with Gasteiger partial charge in [0.1, 0.15) is 11.9 Å². The minimum absolute atomic E-state index is 0.0515. The predicted octanol–water partition coefficient (Wildman–Crippen LogP) is 0.768. The normalized spacial score (nSPS) is 22.2. The molecule has 114 valence electrons. The average Bonchev–Trinajstić information content (AvgIpc) is 3.31. The van der Waals surface area contributed by atoms with Crippen LogP contribution < -0.4 is 16.0 Å². The first-order valence-corrected chi connectivity index (χ1v) is 7.33. The lowest BCUT2D eigenvalue weighted by Gasteiger charge is -2.37. The number of hydrogen-bond donors (Lipinski definition) is 2. The summed E-state index contributed by atoms with van der Waals surface area (Å²) in [6, 6.07) is 4.73. The molecule has 0 bridgehead atoms. The molecule has 2 fully saturated rings. The predicted molar refractivity (Wildman–Crippen MR) is 77.4 cm³/mol. The van der Waals surface area contributed by atoms with E-state index in [1.807, 2.05) is 11.0 Å². The second-order valence-corrected chi connectivity index (χ2v) is 5.51. The van der Waals surface area contributed by atoms with Gasteiger partial charge in [-0.25, -0.2) is 4.39 Å². The summed E-state index contributed by atoms with van der Waals surface area (Å²) in [5.41, 5.74) is 6.81. The largest absolute Gasteiger partial charge is 0.377 e. The maximum absolute atomic E-state index is 13.9. The van der Waals surface area contributed by atoms with Gasteiger partial charge in [0, 0.05) is 30.4 Å². The van der Waals surface area contributed by atoms with Gasteiger partial charge in [0.2, 0.25) is 5.91 Å². The van der Waals surface area contributed by atoms with Gasteiger partial charge in [-0.2, -0.15) is 0 Å². The van der Waals surface area contributed by atoms with Crippen molar-refractivity contribution < 1.29 is 13.9 Å². The number of carbonyl (C=O) groups is 1. The quantitative estimate of drug-likeness (QED) is 0.860. The first-order valence-electron chi connectivity index (χ1n) is 7.33. The smallest absolute Gasteiger partial charge is 0.245 e. The number of anilines is 1. The summed E-state index contributed by atoms with van der Waals surface area (Å²) in [5.74, 6) is -0.382. The maximum atomic E-state index is 13.9. The van der Waals surface area contributed by atoms with Crippen molar-refractivity contribution in [2.75, 3.05) is 24.7 Å². The minimum Gasteiger partial charge on any atom is -0.377 e. The summed E-state index contributed by atoms with van der Waals surface area (Å²) in [7, 11) is 0. The number of nitrogens with zero attached hydrogens (tertiary/aromatic N) is 1. The zero-order chi connectivity index (χ0) is 14.8. The number of morpholine rings is 1. The Balaban J connectivity index is 1.86. The molecular formula is C15H20FN3O2. The number of carbonyl (C=O) groups excluding carboxylic acids is 1. The van der Waals surface area contributed by atoms with Gasteiger partial charge in [-0.05, 0) is 25.0 Å². The Kier molecular flexibility index (Phi) is 4.07. The topological polar surface area (TPSA) is 67.6 Å². The highest BCUT2D eigenvalue weighted by Gasteiger charge is 2.34. The number of nitrogens with two attached hydrogens (primary N) is 1. The van der Waals surface area contributed by atoms with Gasteiger partial charge in [0.25, 0.3) is 0 Å². The van der Waals surface area contributed by atoms with E-state index in [0.717, 1.165) is 12.8 Å². The van der Waals surface area contributed by atoms with Crippen molar-refractivity contribution in [3.63, 3.8) is 0 Å². The molecule has 1 atom stereocenters. The fourth-order valence-electron chi connectivity index (χ4n) is 2.65.